The van der Waals surface area contributed by atoms with Gasteiger partial charge in [-0.3, -0.25) is 9.36 Å². The standard InChI is InChI=1S/C19H24N4O4S.C13H13NO.C6H11N3O3S/c1-27-11-10-23-9-8-17(21-23)28(25,26)22-19(24)20-18-15-6-2-4-13(15)12-14-5-3-7-16(14)18;14-8-15-13-11-5-1-3-9(11)7-10-4-2-6-12(10)13;1-12-5-4-9-3-2-6(8-9)13(7,10)11/h8-9,12H,2-7,10-11H2,1H3,(H2,20,22,24);7H,1-6H2;2-3H,4-5H2,1H3,(H2,7,10,11). The summed E-state index contributed by atoms with van der Waals surface area (Å²) in [5.74, 6) is 0.903. The third-order valence-electron chi connectivity index (χ3n) is 10.4. The number of nitrogens with zero attached hydrogens (tertiary/aromatic N) is 5. The molecule has 300 valence electrons. The Morgan fingerprint density at radius 1 is 0.750 bits per heavy atom. The molecule has 4 aromatic rings. The molecule has 56 heavy (non-hydrogen) atoms. The van der Waals surface area contributed by atoms with Crippen molar-refractivity contribution in [3.63, 3.8) is 0 Å². The van der Waals surface area contributed by atoms with Crippen molar-refractivity contribution < 1.29 is 35.8 Å². The Kier molecular flexibility index (Phi) is 13.1. The van der Waals surface area contributed by atoms with E-state index in [0.29, 0.717) is 26.3 Å². The first-order valence-electron chi connectivity index (χ1n) is 18.7. The van der Waals surface area contributed by atoms with Gasteiger partial charge in [-0.15, -0.1) is 5.26 Å². The average molecular weight is 809 g/mol. The Hall–Kier alpha value is -4.80. The van der Waals surface area contributed by atoms with E-state index in [1.807, 2.05) is 6.26 Å². The highest BCUT2D eigenvalue weighted by Crippen LogP contribution is 2.40. The number of nitrogens with one attached hydrogen (secondary N) is 2. The molecule has 0 radical (unpaired) electrons. The van der Waals surface area contributed by atoms with Gasteiger partial charge >= 0.3 is 6.03 Å². The fourth-order valence-corrected chi connectivity index (χ4v) is 9.13. The van der Waals surface area contributed by atoms with E-state index in [9.17, 15) is 21.6 Å². The number of nitriles is 1. The number of carbonyl (C=O) groups excluding carboxylic acids is 1. The predicted molar refractivity (Wildman–Crippen MR) is 206 cm³/mol. The molecule has 2 heterocycles. The third-order valence-corrected chi connectivity index (χ3v) is 12.4. The summed E-state index contributed by atoms with van der Waals surface area (Å²) in [4.78, 5) is 12.5. The van der Waals surface area contributed by atoms with Crippen molar-refractivity contribution >= 4 is 31.8 Å². The van der Waals surface area contributed by atoms with Crippen molar-refractivity contribution in [2.45, 2.75) is 100 Å². The van der Waals surface area contributed by atoms with Gasteiger partial charge in [0.15, 0.2) is 10.1 Å². The number of urea groups is 1. The largest absolute Gasteiger partial charge is 0.387 e. The molecule has 0 bridgehead atoms. The Balaban J connectivity index is 0.000000159. The number of rotatable bonds is 11. The molecule has 4 aliphatic carbocycles. The Morgan fingerprint density at radius 3 is 1.64 bits per heavy atom. The van der Waals surface area contributed by atoms with Crippen LogP contribution in [0.2, 0.25) is 0 Å². The first-order valence-corrected chi connectivity index (χ1v) is 21.7. The smallest absolute Gasteiger partial charge is 0.333 e. The second kappa shape index (κ2) is 18.0. The summed E-state index contributed by atoms with van der Waals surface area (Å²) < 4.78 is 66.6. The molecule has 18 heteroatoms. The zero-order valence-corrected chi connectivity index (χ0v) is 33.3. The molecule has 0 saturated carbocycles. The highest BCUT2D eigenvalue weighted by molar-refractivity contribution is 7.90. The van der Waals surface area contributed by atoms with E-state index < -0.39 is 26.1 Å². The van der Waals surface area contributed by atoms with Crippen molar-refractivity contribution in [1.29, 1.82) is 5.26 Å². The van der Waals surface area contributed by atoms with Gasteiger partial charge in [0.2, 0.25) is 0 Å². The third kappa shape index (κ3) is 9.59. The van der Waals surface area contributed by atoms with Crippen LogP contribution in [0, 0.1) is 11.5 Å². The molecular formula is C38H48N8O8S2. The van der Waals surface area contributed by atoms with Gasteiger partial charge in [0.05, 0.1) is 26.3 Å². The van der Waals surface area contributed by atoms with E-state index in [0.717, 1.165) is 86.8 Å². The number of hydrogen-bond donors (Lipinski definition) is 3. The lowest BCUT2D eigenvalue weighted by molar-refractivity contribution is 0.183. The number of fused-ring (bicyclic) bond motifs is 4. The number of sulfonamides is 2. The van der Waals surface area contributed by atoms with Crippen LogP contribution in [0.4, 0.5) is 10.5 Å². The predicted octanol–water partition coefficient (Wildman–Crippen LogP) is 3.72. The molecule has 0 atom stereocenters. The van der Waals surface area contributed by atoms with Crippen LogP contribution in [-0.4, -0.2) is 69.9 Å². The van der Waals surface area contributed by atoms with Gasteiger partial charge in [-0.2, -0.15) is 18.6 Å². The number of aryl methyl sites for hydroxylation is 4. The highest BCUT2D eigenvalue weighted by Gasteiger charge is 2.28. The molecule has 0 fully saturated rings. The van der Waals surface area contributed by atoms with Crippen molar-refractivity contribution in [3.05, 3.63) is 81.2 Å². The minimum absolute atomic E-state index is 0.122. The van der Waals surface area contributed by atoms with Gasteiger partial charge in [-0.25, -0.2) is 23.1 Å². The number of primary sulfonamides is 1. The number of amides is 2. The van der Waals surface area contributed by atoms with E-state index in [1.165, 1.54) is 67.7 Å². The summed E-state index contributed by atoms with van der Waals surface area (Å²) >= 11 is 0. The zero-order valence-electron chi connectivity index (χ0n) is 31.7. The second-order valence-electron chi connectivity index (χ2n) is 14.0. The Bertz CT molecular complexity index is 2270. The van der Waals surface area contributed by atoms with Crippen molar-refractivity contribution in [2.24, 2.45) is 5.14 Å². The number of benzene rings is 2. The number of aromatic nitrogens is 4. The summed E-state index contributed by atoms with van der Waals surface area (Å²) in [6, 6.07) is 6.57. The maximum Gasteiger partial charge on any atom is 0.333 e. The molecule has 2 aromatic carbocycles. The van der Waals surface area contributed by atoms with E-state index in [1.54, 1.807) is 26.6 Å². The van der Waals surface area contributed by atoms with Gasteiger partial charge in [0, 0.05) is 32.3 Å². The van der Waals surface area contributed by atoms with Gasteiger partial charge in [0.25, 0.3) is 26.3 Å². The van der Waals surface area contributed by atoms with E-state index in [2.05, 4.69) is 32.4 Å². The monoisotopic (exact) mass is 808 g/mol. The van der Waals surface area contributed by atoms with Crippen LogP contribution in [0.15, 0.2) is 46.7 Å². The number of hydrogen-bond acceptors (Lipinski definition) is 11. The maximum atomic E-state index is 12.5. The molecule has 16 nitrogen and oxygen atoms in total. The van der Waals surface area contributed by atoms with Crippen LogP contribution in [0.25, 0.3) is 0 Å². The van der Waals surface area contributed by atoms with Crippen molar-refractivity contribution in [1.82, 2.24) is 24.3 Å². The minimum Gasteiger partial charge on any atom is -0.387 e. The SMILES string of the molecule is COCCn1ccc(S(=O)(=O)NC(=O)Nc2c3c(cc4c2CCC4)CCC3)n1.COCCn1ccc(S(N)(=O)=O)n1.N#COc1c2c(cc3c1CCC3)CCC2. The Labute approximate surface area is 327 Å². The maximum absolute atomic E-state index is 12.5. The molecule has 0 saturated heterocycles. The number of carbonyl (C=O) groups is 1. The lowest BCUT2D eigenvalue weighted by Crippen LogP contribution is -2.35. The number of nitrogens with two attached hydrogens (primary N) is 1. The van der Waals surface area contributed by atoms with Crippen molar-refractivity contribution in [2.75, 3.05) is 32.8 Å². The fourth-order valence-electron chi connectivity index (χ4n) is 7.81. The summed E-state index contributed by atoms with van der Waals surface area (Å²) in [7, 11) is -4.61. The molecule has 4 aliphatic rings. The first-order chi connectivity index (χ1) is 26.9. The first kappa shape index (κ1) is 40.9. The van der Waals surface area contributed by atoms with Gasteiger partial charge in [0.1, 0.15) is 5.75 Å². The normalized spacial score (nSPS) is 15.0. The number of anilines is 1. The lowest BCUT2D eigenvalue weighted by Gasteiger charge is -2.16. The minimum atomic E-state index is -4.05. The van der Waals surface area contributed by atoms with Crippen LogP contribution < -0.4 is 19.9 Å². The van der Waals surface area contributed by atoms with E-state index in [-0.39, 0.29) is 10.1 Å². The van der Waals surface area contributed by atoms with Crippen LogP contribution >= 0.6 is 0 Å². The van der Waals surface area contributed by atoms with E-state index in [4.69, 9.17) is 24.6 Å². The van der Waals surface area contributed by atoms with Gasteiger partial charge in [-0.1, -0.05) is 12.1 Å². The number of methoxy groups -OCH3 is 2. The number of ether oxygens (including phenoxy) is 3. The quantitative estimate of drug-likeness (QED) is 0.185. The summed E-state index contributed by atoms with van der Waals surface area (Å²) in [5, 5.41) is 23.8. The molecule has 0 unspecified atom stereocenters. The Morgan fingerprint density at radius 2 is 1.20 bits per heavy atom. The lowest BCUT2D eigenvalue weighted by atomic mass is 9.99. The highest BCUT2D eigenvalue weighted by atomic mass is 32.2. The summed E-state index contributed by atoms with van der Waals surface area (Å²) in [6.07, 6.45) is 17.8. The average Bonchev–Trinajstić information content (AvgIpc) is 4.01. The molecular weight excluding hydrogens is 761 g/mol. The summed E-state index contributed by atoms with van der Waals surface area (Å²) in [6.45, 7) is 1.83. The van der Waals surface area contributed by atoms with E-state index >= 15 is 0 Å². The van der Waals surface area contributed by atoms with Gasteiger partial charge < -0.3 is 19.5 Å². The summed E-state index contributed by atoms with van der Waals surface area (Å²) in [5.41, 5.74) is 11.1. The zero-order chi connectivity index (χ0) is 39.9. The molecule has 0 spiro atoms. The molecule has 4 N–H and O–H groups in total. The van der Waals surface area contributed by atoms with Crippen LogP contribution in [0.3, 0.4) is 0 Å². The molecule has 0 aliphatic heterocycles. The second-order valence-corrected chi connectivity index (χ2v) is 17.2. The van der Waals surface area contributed by atoms with Crippen molar-refractivity contribution in [3.8, 4) is 12.0 Å². The molecule has 8 rings (SSSR count). The van der Waals surface area contributed by atoms with Gasteiger partial charge in [-0.05, 0) is 134 Å². The van der Waals surface area contributed by atoms with Crippen LogP contribution in [0.1, 0.15) is 70.2 Å². The topological polar surface area (TPSA) is 223 Å². The van der Waals surface area contributed by atoms with Crippen LogP contribution in [0.5, 0.6) is 5.75 Å². The molecule has 2 amide bonds. The van der Waals surface area contributed by atoms with Crippen LogP contribution in [-0.2, 0) is 94.0 Å². The fraction of sp³-hybridized carbons (Fsp3) is 0.474. The molecule has 2 aromatic heterocycles.